The van der Waals surface area contributed by atoms with Crippen molar-refractivity contribution in [3.8, 4) is 5.88 Å². The van der Waals surface area contributed by atoms with Crippen LogP contribution in [0.4, 0.5) is 5.69 Å². The Morgan fingerprint density at radius 1 is 1.42 bits per heavy atom. The van der Waals surface area contributed by atoms with Crippen molar-refractivity contribution in [1.82, 2.24) is 9.97 Å². The van der Waals surface area contributed by atoms with Gasteiger partial charge in [0.1, 0.15) is 5.71 Å². The molecule has 26 heavy (non-hydrogen) atoms. The number of hydrazone groups is 1. The molecule has 1 aromatic carbocycles. The average Bonchev–Trinajstić information content (AvgIpc) is 2.56. The van der Waals surface area contributed by atoms with Crippen LogP contribution in [0, 0.1) is 5.41 Å². The normalized spacial score (nSPS) is 11.4. The first-order valence-corrected chi connectivity index (χ1v) is 8.43. The Morgan fingerprint density at radius 2 is 2.08 bits per heavy atom. The number of nitrogens with zero attached hydrogens (tertiary/aromatic N) is 2. The number of carbonyl (C=O) groups is 1. The third-order valence-electron chi connectivity index (χ3n) is 3.17. The van der Waals surface area contributed by atoms with Crippen LogP contribution >= 0.6 is 11.8 Å². The van der Waals surface area contributed by atoms with Crippen molar-refractivity contribution in [2.45, 2.75) is 24.3 Å². The molecule has 0 atom stereocenters. The predicted molar refractivity (Wildman–Crippen MR) is 101 cm³/mol. The van der Waals surface area contributed by atoms with Crippen LogP contribution in [0.25, 0.3) is 0 Å². The summed E-state index contributed by atoms with van der Waals surface area (Å²) in [6.45, 7) is 3.82. The van der Waals surface area contributed by atoms with Crippen LogP contribution < -0.4 is 16.7 Å². The topological polar surface area (TPSA) is 157 Å². The molecule has 0 unspecified atom stereocenters. The number of benzene rings is 1. The van der Waals surface area contributed by atoms with Crippen LogP contribution in [0.5, 0.6) is 5.88 Å². The number of rotatable bonds is 6. The van der Waals surface area contributed by atoms with Gasteiger partial charge in [0.05, 0.1) is 0 Å². The van der Waals surface area contributed by atoms with E-state index in [1.807, 2.05) is 13.8 Å². The molecular weight excluding hydrogens is 356 g/mol. The number of amides is 1. The molecule has 6 N–H and O–H groups in total. The molecule has 1 amide bonds. The Balaban J connectivity index is 2.22. The standard InChI is InChI=1S/C16H18N6O3S/c1-8(2)26-16-20-14(24)12(15(25)21-16)13(23)19-10-5-3-9(4-6-10)11(7-17)22-18/h3-8,17H,18H2,1-2H3,(H,19,23)(H2,20,21,24,25). The third-order valence-corrected chi connectivity index (χ3v) is 4.06. The number of aromatic hydroxyl groups is 1. The molecule has 0 radical (unpaired) electrons. The maximum atomic E-state index is 12.3. The van der Waals surface area contributed by atoms with Crippen molar-refractivity contribution in [1.29, 1.82) is 5.41 Å². The van der Waals surface area contributed by atoms with Crippen molar-refractivity contribution in [2.24, 2.45) is 10.9 Å². The highest BCUT2D eigenvalue weighted by molar-refractivity contribution is 7.99. The first-order chi connectivity index (χ1) is 12.3. The van der Waals surface area contributed by atoms with Gasteiger partial charge in [-0.25, -0.2) is 0 Å². The van der Waals surface area contributed by atoms with Gasteiger partial charge in [0.2, 0.25) is 5.88 Å². The molecule has 2 rings (SSSR count). The van der Waals surface area contributed by atoms with Gasteiger partial charge in [-0.2, -0.15) is 10.1 Å². The summed E-state index contributed by atoms with van der Waals surface area (Å²) in [7, 11) is 0. The second-order valence-corrected chi connectivity index (χ2v) is 6.99. The number of hydrogen-bond donors (Lipinski definition) is 5. The fourth-order valence-electron chi connectivity index (χ4n) is 2.04. The van der Waals surface area contributed by atoms with Crippen molar-refractivity contribution in [3.63, 3.8) is 0 Å². The minimum Gasteiger partial charge on any atom is -0.493 e. The SMILES string of the molecule is CC(C)Sc1nc(O)c(C(=O)Nc2ccc(C(C=N)=NN)cc2)c(=O)[nH]1. The van der Waals surface area contributed by atoms with Crippen molar-refractivity contribution < 1.29 is 9.90 Å². The van der Waals surface area contributed by atoms with Gasteiger partial charge in [0.15, 0.2) is 10.7 Å². The smallest absolute Gasteiger partial charge is 0.268 e. The van der Waals surface area contributed by atoms with E-state index >= 15 is 0 Å². The lowest BCUT2D eigenvalue weighted by Gasteiger charge is -2.08. The molecule has 2 aromatic rings. The van der Waals surface area contributed by atoms with E-state index in [1.165, 1.54) is 11.8 Å². The number of aromatic nitrogens is 2. The van der Waals surface area contributed by atoms with Gasteiger partial charge in [-0.1, -0.05) is 37.7 Å². The minimum absolute atomic E-state index is 0.152. The van der Waals surface area contributed by atoms with Gasteiger partial charge in [0.25, 0.3) is 11.5 Å². The maximum absolute atomic E-state index is 12.3. The van der Waals surface area contributed by atoms with Gasteiger partial charge in [-0.3, -0.25) is 9.59 Å². The van der Waals surface area contributed by atoms with Crippen LogP contribution in [0.1, 0.15) is 29.8 Å². The molecule has 0 bridgehead atoms. The quantitative estimate of drug-likeness (QED) is 0.170. The number of anilines is 1. The highest BCUT2D eigenvalue weighted by Gasteiger charge is 2.19. The molecule has 0 saturated carbocycles. The highest BCUT2D eigenvalue weighted by atomic mass is 32.2. The van der Waals surface area contributed by atoms with E-state index in [-0.39, 0.29) is 16.1 Å². The summed E-state index contributed by atoms with van der Waals surface area (Å²) in [5.74, 6) is 3.76. The van der Waals surface area contributed by atoms with Crippen LogP contribution in [0.2, 0.25) is 0 Å². The van der Waals surface area contributed by atoms with Gasteiger partial charge >= 0.3 is 0 Å². The fraction of sp³-hybridized carbons (Fsp3) is 0.188. The summed E-state index contributed by atoms with van der Waals surface area (Å²) in [4.78, 5) is 30.7. The zero-order valence-electron chi connectivity index (χ0n) is 14.1. The molecule has 0 saturated heterocycles. The fourth-order valence-corrected chi connectivity index (χ4v) is 2.78. The lowest BCUT2D eigenvalue weighted by atomic mass is 10.1. The van der Waals surface area contributed by atoms with Gasteiger partial charge in [-0.15, -0.1) is 0 Å². The van der Waals surface area contributed by atoms with Crippen LogP contribution in [-0.4, -0.2) is 38.2 Å². The number of aromatic amines is 1. The number of thioether (sulfide) groups is 1. The zero-order valence-corrected chi connectivity index (χ0v) is 14.9. The van der Waals surface area contributed by atoms with E-state index in [4.69, 9.17) is 11.3 Å². The van der Waals surface area contributed by atoms with Gasteiger partial charge in [-0.05, 0) is 12.1 Å². The molecule has 1 heterocycles. The van der Waals surface area contributed by atoms with Crippen LogP contribution in [0.15, 0.2) is 39.3 Å². The summed E-state index contributed by atoms with van der Waals surface area (Å²) >= 11 is 1.26. The summed E-state index contributed by atoms with van der Waals surface area (Å²) in [6.07, 6.45) is 1.01. The Labute approximate surface area is 153 Å². The lowest BCUT2D eigenvalue weighted by molar-refractivity contribution is 0.102. The van der Waals surface area contributed by atoms with Gasteiger partial charge in [0, 0.05) is 22.7 Å². The highest BCUT2D eigenvalue weighted by Crippen LogP contribution is 2.21. The van der Waals surface area contributed by atoms with E-state index in [1.54, 1.807) is 24.3 Å². The molecule has 10 heteroatoms. The monoisotopic (exact) mass is 374 g/mol. The molecule has 0 fully saturated rings. The minimum atomic E-state index is -0.787. The number of nitrogens with two attached hydrogens (primary N) is 1. The maximum Gasteiger partial charge on any atom is 0.268 e. The van der Waals surface area contributed by atoms with Crippen molar-refractivity contribution >= 4 is 35.3 Å². The van der Waals surface area contributed by atoms with Crippen LogP contribution in [0.3, 0.4) is 0 Å². The van der Waals surface area contributed by atoms with E-state index in [2.05, 4.69) is 20.4 Å². The first-order valence-electron chi connectivity index (χ1n) is 7.55. The molecule has 0 aliphatic carbocycles. The van der Waals surface area contributed by atoms with E-state index in [0.717, 1.165) is 6.21 Å². The second kappa shape index (κ2) is 8.30. The summed E-state index contributed by atoms with van der Waals surface area (Å²) in [6, 6.07) is 6.33. The Bertz CT molecular complexity index is 905. The largest absolute Gasteiger partial charge is 0.493 e. The predicted octanol–water partition coefficient (Wildman–Crippen LogP) is 1.54. The summed E-state index contributed by atoms with van der Waals surface area (Å²) in [5.41, 5.74) is 0.0684. The van der Waals surface area contributed by atoms with Crippen molar-refractivity contribution in [2.75, 3.05) is 5.32 Å². The Kier molecular flexibility index (Phi) is 6.12. The zero-order chi connectivity index (χ0) is 19.3. The van der Waals surface area contributed by atoms with Crippen molar-refractivity contribution in [3.05, 3.63) is 45.7 Å². The molecule has 136 valence electrons. The van der Waals surface area contributed by atoms with Crippen LogP contribution in [-0.2, 0) is 0 Å². The number of H-pyrrole nitrogens is 1. The molecule has 9 nitrogen and oxygen atoms in total. The molecule has 0 spiro atoms. The summed E-state index contributed by atoms with van der Waals surface area (Å²) < 4.78 is 0. The number of nitrogens with one attached hydrogen (secondary N) is 3. The molecule has 0 aliphatic heterocycles. The molecular formula is C16H18N6O3S. The Hall–Kier alpha value is -3.14. The van der Waals surface area contributed by atoms with E-state index < -0.39 is 22.9 Å². The lowest BCUT2D eigenvalue weighted by Crippen LogP contribution is -2.24. The van der Waals surface area contributed by atoms with E-state index in [9.17, 15) is 14.7 Å². The Morgan fingerprint density at radius 3 is 2.58 bits per heavy atom. The number of hydrogen-bond acceptors (Lipinski definition) is 8. The summed E-state index contributed by atoms with van der Waals surface area (Å²) in [5, 5.41) is 23.5. The molecule has 0 aliphatic rings. The second-order valence-electron chi connectivity index (χ2n) is 5.43. The number of carbonyl (C=O) groups excluding carboxylic acids is 1. The first kappa shape index (κ1) is 19.2. The average molecular weight is 374 g/mol. The van der Waals surface area contributed by atoms with E-state index in [0.29, 0.717) is 11.3 Å². The third kappa shape index (κ3) is 4.48. The van der Waals surface area contributed by atoms with Gasteiger partial charge < -0.3 is 26.7 Å². The molecule has 1 aromatic heterocycles.